The molecule has 0 radical (unpaired) electrons. The zero-order valence-corrected chi connectivity index (χ0v) is 11.9. The third-order valence-corrected chi connectivity index (χ3v) is 4.67. The van der Waals surface area contributed by atoms with Crippen LogP contribution in [0.5, 0.6) is 5.75 Å². The fraction of sp³-hybridized carbons (Fsp3) is 0.400. The maximum atomic E-state index is 6.38. The Kier molecular flexibility index (Phi) is 3.53. The Labute approximate surface area is 117 Å². The molecule has 1 aromatic heterocycles. The number of nitrogens with two attached hydrogens (primary N) is 1. The monoisotopic (exact) mass is 274 g/mol. The van der Waals surface area contributed by atoms with E-state index in [4.69, 9.17) is 15.5 Å². The van der Waals surface area contributed by atoms with Gasteiger partial charge in [0.2, 0.25) is 0 Å². The van der Waals surface area contributed by atoms with Gasteiger partial charge in [-0.3, -0.25) is 0 Å². The van der Waals surface area contributed by atoms with Crippen LogP contribution in [0.15, 0.2) is 24.3 Å². The summed E-state index contributed by atoms with van der Waals surface area (Å²) in [6, 6.07) is 7.79. The van der Waals surface area contributed by atoms with E-state index in [1.807, 2.05) is 31.2 Å². The molecule has 4 heteroatoms. The Balaban J connectivity index is 1.92. The Morgan fingerprint density at radius 2 is 2.21 bits per heavy atom. The molecule has 0 aliphatic heterocycles. The van der Waals surface area contributed by atoms with E-state index in [-0.39, 0.29) is 6.04 Å². The third kappa shape index (κ3) is 2.38. The van der Waals surface area contributed by atoms with Crippen molar-refractivity contribution in [1.82, 2.24) is 4.98 Å². The van der Waals surface area contributed by atoms with E-state index in [0.717, 1.165) is 29.2 Å². The zero-order chi connectivity index (χ0) is 13.2. The molecule has 100 valence electrons. The van der Waals surface area contributed by atoms with Crippen molar-refractivity contribution in [3.63, 3.8) is 0 Å². The van der Waals surface area contributed by atoms with Crippen molar-refractivity contribution in [3.8, 4) is 5.75 Å². The van der Waals surface area contributed by atoms with Crippen molar-refractivity contribution in [2.45, 2.75) is 32.2 Å². The van der Waals surface area contributed by atoms with Crippen LogP contribution in [0, 0.1) is 0 Å². The molecule has 3 rings (SSSR count). The van der Waals surface area contributed by atoms with Crippen LogP contribution in [0.1, 0.15) is 40.5 Å². The molecular formula is C15H18N2OS. The topological polar surface area (TPSA) is 48.1 Å². The summed E-state index contributed by atoms with van der Waals surface area (Å²) in [5, 5.41) is 1.01. The van der Waals surface area contributed by atoms with Crippen molar-refractivity contribution < 1.29 is 4.74 Å². The molecule has 2 aromatic rings. The van der Waals surface area contributed by atoms with Crippen LogP contribution in [-0.4, -0.2) is 11.6 Å². The number of nitrogens with zero attached hydrogens (tertiary/aromatic N) is 1. The summed E-state index contributed by atoms with van der Waals surface area (Å²) in [6.07, 6.45) is 3.50. The molecule has 2 N–H and O–H groups in total. The van der Waals surface area contributed by atoms with E-state index in [2.05, 4.69) is 0 Å². The Bertz CT molecular complexity index is 558. The highest BCUT2D eigenvalue weighted by Gasteiger charge is 2.22. The molecule has 0 saturated heterocycles. The first-order valence-electron chi connectivity index (χ1n) is 6.75. The number of aryl methyl sites for hydroxylation is 2. The lowest BCUT2D eigenvalue weighted by atomic mass is 10.1. The van der Waals surface area contributed by atoms with Crippen molar-refractivity contribution in [1.29, 1.82) is 0 Å². The van der Waals surface area contributed by atoms with E-state index in [0.29, 0.717) is 6.61 Å². The second-order valence-corrected chi connectivity index (χ2v) is 5.84. The molecule has 0 spiro atoms. The molecule has 3 nitrogen and oxygen atoms in total. The number of hydrogen-bond acceptors (Lipinski definition) is 4. The second-order valence-electron chi connectivity index (χ2n) is 4.72. The van der Waals surface area contributed by atoms with Crippen LogP contribution >= 0.6 is 11.3 Å². The maximum absolute atomic E-state index is 6.38. The highest BCUT2D eigenvalue weighted by atomic mass is 32.1. The lowest BCUT2D eigenvalue weighted by Gasteiger charge is -2.14. The van der Waals surface area contributed by atoms with Crippen molar-refractivity contribution in [2.24, 2.45) is 5.73 Å². The van der Waals surface area contributed by atoms with E-state index < -0.39 is 0 Å². The van der Waals surface area contributed by atoms with Gasteiger partial charge in [0.25, 0.3) is 0 Å². The summed E-state index contributed by atoms with van der Waals surface area (Å²) in [5.41, 5.74) is 8.66. The number of fused-ring (bicyclic) bond motifs is 1. The summed E-state index contributed by atoms with van der Waals surface area (Å²) < 4.78 is 5.65. The largest absolute Gasteiger partial charge is 0.494 e. The number of aromatic nitrogens is 1. The summed E-state index contributed by atoms with van der Waals surface area (Å²) in [5.74, 6) is 0.868. The van der Waals surface area contributed by atoms with Gasteiger partial charge in [0.15, 0.2) is 0 Å². The number of benzene rings is 1. The lowest BCUT2D eigenvalue weighted by molar-refractivity contribution is 0.335. The van der Waals surface area contributed by atoms with E-state index in [1.165, 1.54) is 17.0 Å². The number of thiazole rings is 1. The first-order valence-corrected chi connectivity index (χ1v) is 7.57. The van der Waals surface area contributed by atoms with Crippen LogP contribution < -0.4 is 10.5 Å². The van der Waals surface area contributed by atoms with Gasteiger partial charge in [-0.1, -0.05) is 18.2 Å². The molecule has 1 aliphatic rings. The molecule has 0 bridgehead atoms. The average molecular weight is 274 g/mol. The van der Waals surface area contributed by atoms with Gasteiger partial charge >= 0.3 is 0 Å². The molecule has 1 aliphatic carbocycles. The van der Waals surface area contributed by atoms with Crippen molar-refractivity contribution in [3.05, 3.63) is 45.4 Å². The summed E-state index contributed by atoms with van der Waals surface area (Å²) in [4.78, 5) is 6.12. The Morgan fingerprint density at radius 3 is 3.00 bits per heavy atom. The van der Waals surface area contributed by atoms with Crippen LogP contribution in [0.4, 0.5) is 0 Å². The predicted molar refractivity (Wildman–Crippen MR) is 77.8 cm³/mol. The summed E-state index contributed by atoms with van der Waals surface area (Å²) in [7, 11) is 0. The van der Waals surface area contributed by atoms with Crippen LogP contribution in [0.2, 0.25) is 0 Å². The fourth-order valence-electron chi connectivity index (χ4n) is 2.50. The van der Waals surface area contributed by atoms with Gasteiger partial charge in [0.05, 0.1) is 18.3 Å². The van der Waals surface area contributed by atoms with Crippen LogP contribution in [-0.2, 0) is 12.8 Å². The summed E-state index contributed by atoms with van der Waals surface area (Å²) >= 11 is 1.76. The number of para-hydroxylation sites is 1. The number of rotatable bonds is 4. The standard InChI is InChI=1S/C15H18N2OS/c1-2-18-12-8-4-3-6-10(12)14(16)15-17-11-7-5-9-13(11)19-15/h3-4,6,8,14H,2,5,7,9,16H2,1H3. The summed E-state index contributed by atoms with van der Waals surface area (Å²) in [6.45, 7) is 2.64. The average Bonchev–Trinajstić information content (AvgIpc) is 2.99. The van der Waals surface area contributed by atoms with Gasteiger partial charge in [-0.25, -0.2) is 4.98 Å². The van der Waals surface area contributed by atoms with Crippen LogP contribution in [0.25, 0.3) is 0 Å². The third-order valence-electron chi connectivity index (χ3n) is 3.43. The molecule has 0 amide bonds. The Hall–Kier alpha value is -1.39. The first-order chi connectivity index (χ1) is 9.29. The van der Waals surface area contributed by atoms with Gasteiger partial charge < -0.3 is 10.5 Å². The first kappa shape index (κ1) is 12.6. The predicted octanol–water partition coefficient (Wildman–Crippen LogP) is 3.08. The molecule has 1 unspecified atom stereocenters. The zero-order valence-electron chi connectivity index (χ0n) is 11.1. The molecule has 1 atom stereocenters. The smallest absolute Gasteiger partial charge is 0.124 e. The lowest BCUT2D eigenvalue weighted by Crippen LogP contribution is -2.13. The highest BCUT2D eigenvalue weighted by Crippen LogP contribution is 2.34. The molecular weight excluding hydrogens is 256 g/mol. The van der Waals surface area contributed by atoms with Gasteiger partial charge in [-0.05, 0) is 32.3 Å². The van der Waals surface area contributed by atoms with Crippen LogP contribution in [0.3, 0.4) is 0 Å². The minimum atomic E-state index is -0.182. The van der Waals surface area contributed by atoms with E-state index in [9.17, 15) is 0 Å². The number of ether oxygens (including phenoxy) is 1. The highest BCUT2D eigenvalue weighted by molar-refractivity contribution is 7.11. The Morgan fingerprint density at radius 1 is 1.37 bits per heavy atom. The fourth-order valence-corrected chi connectivity index (χ4v) is 3.67. The number of hydrogen-bond donors (Lipinski definition) is 1. The minimum Gasteiger partial charge on any atom is -0.494 e. The van der Waals surface area contributed by atoms with Crippen molar-refractivity contribution in [2.75, 3.05) is 6.61 Å². The van der Waals surface area contributed by atoms with E-state index in [1.54, 1.807) is 11.3 Å². The molecule has 19 heavy (non-hydrogen) atoms. The minimum absolute atomic E-state index is 0.182. The molecule has 1 aromatic carbocycles. The van der Waals surface area contributed by atoms with Gasteiger partial charge in [0, 0.05) is 10.4 Å². The molecule has 0 fully saturated rings. The van der Waals surface area contributed by atoms with E-state index >= 15 is 0 Å². The maximum Gasteiger partial charge on any atom is 0.124 e. The van der Waals surface area contributed by atoms with Gasteiger partial charge in [-0.15, -0.1) is 11.3 Å². The quantitative estimate of drug-likeness (QED) is 0.932. The van der Waals surface area contributed by atoms with Crippen molar-refractivity contribution >= 4 is 11.3 Å². The van der Waals surface area contributed by atoms with Gasteiger partial charge in [-0.2, -0.15) is 0 Å². The molecule has 1 heterocycles. The van der Waals surface area contributed by atoms with Gasteiger partial charge in [0.1, 0.15) is 10.8 Å². The molecule has 0 saturated carbocycles. The normalized spacial score (nSPS) is 15.3. The second kappa shape index (κ2) is 5.31. The SMILES string of the molecule is CCOc1ccccc1C(N)c1nc2c(s1)CCC2.